The van der Waals surface area contributed by atoms with Gasteiger partial charge in [0.1, 0.15) is 11.5 Å². The molecule has 3 aromatic carbocycles. The fourth-order valence-electron chi connectivity index (χ4n) is 2.87. The Hall–Kier alpha value is -3.33. The fraction of sp³-hybridized carbons (Fsp3) is 0.125. The third-order valence-electron chi connectivity index (χ3n) is 4.31. The number of allylic oxidation sites excluding steroid dienone is 1. The molecule has 0 unspecified atom stereocenters. The summed E-state index contributed by atoms with van der Waals surface area (Å²) in [5.41, 5.74) is 3.47. The van der Waals surface area contributed by atoms with Gasteiger partial charge in [-0.05, 0) is 47.0 Å². The number of benzene rings is 3. The SMILES string of the molecule is COc1ccc(C=C(C(=O)Cc2cccc(OC)c2)c2ccccc2)cc1. The normalized spacial score (nSPS) is 11.1. The lowest BCUT2D eigenvalue weighted by Gasteiger charge is -2.09. The van der Waals surface area contributed by atoms with E-state index < -0.39 is 0 Å². The molecule has 0 aliphatic carbocycles. The van der Waals surface area contributed by atoms with E-state index in [9.17, 15) is 4.79 Å². The van der Waals surface area contributed by atoms with Crippen LogP contribution >= 0.6 is 0 Å². The van der Waals surface area contributed by atoms with Crippen LogP contribution in [0.3, 0.4) is 0 Å². The number of carbonyl (C=O) groups is 1. The summed E-state index contributed by atoms with van der Waals surface area (Å²) in [6.45, 7) is 0. The molecule has 3 rings (SSSR count). The van der Waals surface area contributed by atoms with Gasteiger partial charge in [0.2, 0.25) is 0 Å². The number of rotatable bonds is 7. The Morgan fingerprint density at radius 2 is 1.52 bits per heavy atom. The highest BCUT2D eigenvalue weighted by molar-refractivity contribution is 6.25. The van der Waals surface area contributed by atoms with Gasteiger partial charge in [-0.15, -0.1) is 0 Å². The summed E-state index contributed by atoms with van der Waals surface area (Å²) in [5.74, 6) is 1.60. The lowest BCUT2D eigenvalue weighted by molar-refractivity contribution is -0.113. The lowest BCUT2D eigenvalue weighted by Crippen LogP contribution is -2.06. The molecule has 3 heteroatoms. The van der Waals surface area contributed by atoms with Crippen LogP contribution in [-0.2, 0) is 11.2 Å². The molecule has 0 aliphatic rings. The van der Waals surface area contributed by atoms with Crippen molar-refractivity contribution < 1.29 is 14.3 Å². The molecule has 0 spiro atoms. The van der Waals surface area contributed by atoms with E-state index in [2.05, 4.69) is 0 Å². The highest BCUT2D eigenvalue weighted by atomic mass is 16.5. The van der Waals surface area contributed by atoms with E-state index in [-0.39, 0.29) is 5.78 Å². The molecule has 3 nitrogen and oxygen atoms in total. The Labute approximate surface area is 159 Å². The first-order valence-electron chi connectivity index (χ1n) is 8.77. The quantitative estimate of drug-likeness (QED) is 0.438. The maximum Gasteiger partial charge on any atom is 0.167 e. The number of carbonyl (C=O) groups excluding carboxylic acids is 1. The van der Waals surface area contributed by atoms with E-state index >= 15 is 0 Å². The summed E-state index contributed by atoms with van der Waals surface area (Å²) in [7, 11) is 3.26. The molecular formula is C24H22O3. The zero-order valence-corrected chi connectivity index (χ0v) is 15.5. The number of hydrogen-bond donors (Lipinski definition) is 0. The molecule has 0 aliphatic heterocycles. The molecule has 0 atom stereocenters. The molecule has 0 fully saturated rings. The Kier molecular flexibility index (Phi) is 6.06. The van der Waals surface area contributed by atoms with Crippen molar-refractivity contribution >= 4 is 17.4 Å². The highest BCUT2D eigenvalue weighted by Gasteiger charge is 2.13. The molecular weight excluding hydrogens is 336 g/mol. The third kappa shape index (κ3) is 4.85. The standard InChI is InChI=1S/C24H22O3/c1-26-21-13-11-18(12-14-21)16-23(20-8-4-3-5-9-20)24(25)17-19-7-6-10-22(15-19)27-2/h3-16H,17H2,1-2H3. The Morgan fingerprint density at radius 3 is 2.19 bits per heavy atom. The minimum Gasteiger partial charge on any atom is -0.497 e. The summed E-state index contributed by atoms with van der Waals surface area (Å²) in [6.07, 6.45) is 2.24. The van der Waals surface area contributed by atoms with E-state index in [1.165, 1.54) is 0 Å². The fourth-order valence-corrected chi connectivity index (χ4v) is 2.87. The third-order valence-corrected chi connectivity index (χ3v) is 4.31. The minimum atomic E-state index is 0.0604. The van der Waals surface area contributed by atoms with Crippen molar-refractivity contribution in [2.45, 2.75) is 6.42 Å². The summed E-state index contributed by atoms with van der Waals surface area (Å²) in [5, 5.41) is 0. The van der Waals surface area contributed by atoms with Crippen LogP contribution in [0.4, 0.5) is 0 Å². The Morgan fingerprint density at radius 1 is 0.815 bits per heavy atom. The molecule has 0 aromatic heterocycles. The van der Waals surface area contributed by atoms with Gasteiger partial charge in [-0.3, -0.25) is 4.79 Å². The maximum absolute atomic E-state index is 13.1. The van der Waals surface area contributed by atoms with Gasteiger partial charge in [0.05, 0.1) is 14.2 Å². The van der Waals surface area contributed by atoms with Crippen molar-refractivity contribution in [3.05, 3.63) is 95.6 Å². The van der Waals surface area contributed by atoms with Crippen molar-refractivity contribution in [3.63, 3.8) is 0 Å². The van der Waals surface area contributed by atoms with Crippen LogP contribution in [0.25, 0.3) is 11.6 Å². The second-order valence-corrected chi connectivity index (χ2v) is 6.15. The van der Waals surface area contributed by atoms with Crippen molar-refractivity contribution in [1.29, 1.82) is 0 Å². The van der Waals surface area contributed by atoms with Gasteiger partial charge in [0.15, 0.2) is 5.78 Å². The molecule has 136 valence electrons. The zero-order chi connectivity index (χ0) is 19.1. The molecule has 27 heavy (non-hydrogen) atoms. The smallest absolute Gasteiger partial charge is 0.167 e. The molecule has 0 saturated carbocycles. The number of Topliss-reactive ketones (excluding diaryl/α,β-unsaturated/α-hetero) is 1. The average molecular weight is 358 g/mol. The van der Waals surface area contributed by atoms with E-state index in [1.54, 1.807) is 14.2 Å². The van der Waals surface area contributed by atoms with Crippen LogP contribution in [0.5, 0.6) is 11.5 Å². The van der Waals surface area contributed by atoms with E-state index in [0.29, 0.717) is 12.0 Å². The van der Waals surface area contributed by atoms with Crippen LogP contribution in [0, 0.1) is 0 Å². The largest absolute Gasteiger partial charge is 0.497 e. The summed E-state index contributed by atoms with van der Waals surface area (Å²) in [4.78, 5) is 13.1. The van der Waals surface area contributed by atoms with Crippen molar-refractivity contribution in [3.8, 4) is 11.5 Å². The van der Waals surface area contributed by atoms with Crippen LogP contribution < -0.4 is 9.47 Å². The number of hydrogen-bond acceptors (Lipinski definition) is 3. The monoisotopic (exact) mass is 358 g/mol. The van der Waals surface area contributed by atoms with E-state index in [1.807, 2.05) is 84.9 Å². The van der Waals surface area contributed by atoms with Gasteiger partial charge in [-0.25, -0.2) is 0 Å². The van der Waals surface area contributed by atoms with Gasteiger partial charge < -0.3 is 9.47 Å². The van der Waals surface area contributed by atoms with E-state index in [4.69, 9.17) is 9.47 Å². The van der Waals surface area contributed by atoms with Crippen LogP contribution in [0.15, 0.2) is 78.9 Å². The van der Waals surface area contributed by atoms with E-state index in [0.717, 1.165) is 28.2 Å². The van der Waals surface area contributed by atoms with Gasteiger partial charge in [-0.1, -0.05) is 54.6 Å². The predicted octanol–water partition coefficient (Wildman–Crippen LogP) is 5.06. The van der Waals surface area contributed by atoms with Crippen LogP contribution in [0.2, 0.25) is 0 Å². The molecule has 0 saturated heterocycles. The maximum atomic E-state index is 13.1. The number of ketones is 1. The van der Waals surface area contributed by atoms with Crippen molar-refractivity contribution in [2.24, 2.45) is 0 Å². The van der Waals surface area contributed by atoms with Gasteiger partial charge in [-0.2, -0.15) is 0 Å². The van der Waals surface area contributed by atoms with Crippen LogP contribution in [0.1, 0.15) is 16.7 Å². The number of methoxy groups -OCH3 is 2. The summed E-state index contributed by atoms with van der Waals surface area (Å²) >= 11 is 0. The molecule has 0 radical (unpaired) electrons. The van der Waals surface area contributed by atoms with Crippen molar-refractivity contribution in [1.82, 2.24) is 0 Å². The first kappa shape index (κ1) is 18.5. The predicted molar refractivity (Wildman–Crippen MR) is 109 cm³/mol. The number of ether oxygens (including phenoxy) is 2. The summed E-state index contributed by atoms with van der Waals surface area (Å²) < 4.78 is 10.5. The minimum absolute atomic E-state index is 0.0604. The topological polar surface area (TPSA) is 35.5 Å². The lowest BCUT2D eigenvalue weighted by atomic mass is 9.95. The summed E-state index contributed by atoms with van der Waals surface area (Å²) in [6, 6.07) is 25.0. The first-order chi connectivity index (χ1) is 13.2. The van der Waals surface area contributed by atoms with Gasteiger partial charge in [0, 0.05) is 12.0 Å². The van der Waals surface area contributed by atoms with Crippen molar-refractivity contribution in [2.75, 3.05) is 14.2 Å². The molecule has 0 heterocycles. The molecule has 0 N–H and O–H groups in total. The Balaban J connectivity index is 1.93. The molecule has 3 aromatic rings. The molecule has 0 bridgehead atoms. The second-order valence-electron chi connectivity index (χ2n) is 6.15. The van der Waals surface area contributed by atoms with Crippen LogP contribution in [-0.4, -0.2) is 20.0 Å². The Bertz CT molecular complexity index is 925. The first-order valence-corrected chi connectivity index (χ1v) is 8.77. The van der Waals surface area contributed by atoms with Gasteiger partial charge >= 0.3 is 0 Å². The second kappa shape index (κ2) is 8.86. The highest BCUT2D eigenvalue weighted by Crippen LogP contribution is 2.23. The average Bonchev–Trinajstić information content (AvgIpc) is 2.73. The zero-order valence-electron chi connectivity index (χ0n) is 15.5. The molecule has 0 amide bonds. The van der Waals surface area contributed by atoms with Gasteiger partial charge in [0.25, 0.3) is 0 Å².